The van der Waals surface area contributed by atoms with Gasteiger partial charge in [0.15, 0.2) is 0 Å². The zero-order valence-electron chi connectivity index (χ0n) is 8.88. The van der Waals surface area contributed by atoms with Crippen molar-refractivity contribution in [2.24, 2.45) is 0 Å². The van der Waals surface area contributed by atoms with Crippen molar-refractivity contribution in [1.82, 2.24) is 6.15 Å². The fourth-order valence-electron chi connectivity index (χ4n) is 0.711. The van der Waals surface area contributed by atoms with Gasteiger partial charge in [0.25, 0.3) is 0 Å². The smallest absolute Gasteiger partial charge is 0.317 e. The van der Waals surface area contributed by atoms with E-state index >= 15 is 0 Å². The molecule has 0 fully saturated rings. The highest BCUT2D eigenvalue weighted by molar-refractivity contribution is 5.91. The van der Waals surface area contributed by atoms with Gasteiger partial charge in [-0.1, -0.05) is 13.3 Å². The van der Waals surface area contributed by atoms with Gasteiger partial charge in [0.2, 0.25) is 0 Å². The first kappa shape index (κ1) is 15.4. The third-order valence-electron chi connectivity index (χ3n) is 1.35. The Morgan fingerprint density at radius 2 is 1.64 bits per heavy atom. The molecule has 0 amide bonds. The Hall–Kier alpha value is -1.10. The summed E-state index contributed by atoms with van der Waals surface area (Å²) in [6, 6.07) is 0. The van der Waals surface area contributed by atoms with Crippen LogP contribution >= 0.6 is 0 Å². The maximum absolute atomic E-state index is 10.9. The maximum atomic E-state index is 10.9. The van der Waals surface area contributed by atoms with E-state index in [0.717, 1.165) is 12.8 Å². The molecule has 0 aromatic heterocycles. The molecule has 5 nitrogen and oxygen atoms in total. The molecule has 0 aromatic rings. The Kier molecular flexibility index (Phi) is 11.0. The van der Waals surface area contributed by atoms with E-state index in [1.165, 1.54) is 0 Å². The molecule has 0 spiro atoms. The van der Waals surface area contributed by atoms with Gasteiger partial charge >= 0.3 is 11.9 Å². The van der Waals surface area contributed by atoms with Crippen LogP contribution in [0.15, 0.2) is 0 Å². The zero-order valence-corrected chi connectivity index (χ0v) is 8.88. The van der Waals surface area contributed by atoms with Gasteiger partial charge in [-0.25, -0.2) is 0 Å². The molecule has 0 unspecified atom stereocenters. The summed E-state index contributed by atoms with van der Waals surface area (Å²) in [5, 5.41) is 0. The lowest BCUT2D eigenvalue weighted by Gasteiger charge is -2.03. The van der Waals surface area contributed by atoms with Gasteiger partial charge in [-0.15, -0.1) is 0 Å². The summed E-state index contributed by atoms with van der Waals surface area (Å²) >= 11 is 0. The largest absolute Gasteiger partial charge is 0.466 e. The lowest BCUT2D eigenvalue weighted by Crippen LogP contribution is -2.14. The van der Waals surface area contributed by atoms with E-state index < -0.39 is 11.9 Å². The minimum atomic E-state index is -0.524. The first-order valence-electron chi connectivity index (χ1n) is 4.52. The van der Waals surface area contributed by atoms with Crippen LogP contribution in [-0.2, 0) is 19.1 Å². The van der Waals surface area contributed by atoms with E-state index in [1.807, 2.05) is 6.92 Å². The summed E-state index contributed by atoms with van der Waals surface area (Å²) in [6.45, 7) is 4.37. The molecule has 0 saturated heterocycles. The van der Waals surface area contributed by atoms with Crippen molar-refractivity contribution in [1.29, 1.82) is 0 Å². The molecule has 0 atom stereocenters. The van der Waals surface area contributed by atoms with E-state index in [2.05, 4.69) is 4.74 Å². The van der Waals surface area contributed by atoms with E-state index in [-0.39, 0.29) is 12.6 Å². The maximum Gasteiger partial charge on any atom is 0.317 e. The minimum absolute atomic E-state index is 0. The van der Waals surface area contributed by atoms with Gasteiger partial charge in [0.1, 0.15) is 6.42 Å². The molecule has 0 aliphatic carbocycles. The van der Waals surface area contributed by atoms with Crippen molar-refractivity contribution in [2.75, 3.05) is 13.2 Å². The third kappa shape index (κ3) is 8.99. The molecule has 0 aliphatic heterocycles. The molecular weight excluding hydrogens is 186 g/mol. The molecule has 0 rings (SSSR count). The Balaban J connectivity index is 0. The quantitative estimate of drug-likeness (QED) is 0.402. The number of carbonyl (C=O) groups is 2. The predicted molar refractivity (Wildman–Crippen MR) is 52.1 cm³/mol. The Morgan fingerprint density at radius 3 is 2.14 bits per heavy atom. The number of unbranched alkanes of at least 4 members (excludes halogenated alkanes) is 1. The fraction of sp³-hybridized carbons (Fsp3) is 0.778. The van der Waals surface area contributed by atoms with E-state index in [0.29, 0.717) is 13.2 Å². The first-order chi connectivity index (χ1) is 6.20. The molecule has 0 saturated carbocycles. The highest BCUT2D eigenvalue weighted by Gasteiger charge is 2.10. The fourth-order valence-corrected chi connectivity index (χ4v) is 0.711. The van der Waals surface area contributed by atoms with E-state index in [4.69, 9.17) is 4.74 Å². The van der Waals surface area contributed by atoms with Crippen LogP contribution in [0.4, 0.5) is 0 Å². The lowest BCUT2D eigenvalue weighted by atomic mass is 10.3. The lowest BCUT2D eigenvalue weighted by molar-refractivity contribution is -0.154. The van der Waals surface area contributed by atoms with Crippen LogP contribution in [0.25, 0.3) is 0 Å². The Morgan fingerprint density at radius 1 is 1.07 bits per heavy atom. The third-order valence-corrected chi connectivity index (χ3v) is 1.35. The zero-order chi connectivity index (χ0) is 10.1. The normalized spacial score (nSPS) is 8.71. The molecule has 84 valence electrons. The standard InChI is InChI=1S/C9H16O4.H3N/c1-3-5-6-13-9(11)7-8(10)12-4-2;/h3-7H2,1-2H3;1H3. The number of hydrogen-bond donors (Lipinski definition) is 1. The second-order valence-corrected chi connectivity index (χ2v) is 2.56. The Bertz CT molecular complexity index is 170. The van der Waals surface area contributed by atoms with Crippen molar-refractivity contribution in [3.05, 3.63) is 0 Å². The van der Waals surface area contributed by atoms with Crippen LogP contribution in [0.2, 0.25) is 0 Å². The molecule has 3 N–H and O–H groups in total. The molecule has 0 heterocycles. The van der Waals surface area contributed by atoms with Gasteiger partial charge in [-0.3, -0.25) is 9.59 Å². The average molecular weight is 205 g/mol. The van der Waals surface area contributed by atoms with Crippen molar-refractivity contribution in [2.45, 2.75) is 33.1 Å². The highest BCUT2D eigenvalue weighted by atomic mass is 16.6. The molecule has 0 aliphatic rings. The molecule has 0 radical (unpaired) electrons. The molecular formula is C9H19NO4. The summed E-state index contributed by atoms with van der Waals surface area (Å²) in [5.74, 6) is -1.03. The molecule has 14 heavy (non-hydrogen) atoms. The monoisotopic (exact) mass is 205 g/mol. The van der Waals surface area contributed by atoms with Crippen LogP contribution < -0.4 is 6.15 Å². The molecule has 0 aromatic carbocycles. The van der Waals surface area contributed by atoms with Gasteiger partial charge in [-0.05, 0) is 13.3 Å². The number of esters is 2. The minimum Gasteiger partial charge on any atom is -0.466 e. The summed E-state index contributed by atoms with van der Waals surface area (Å²) in [5.41, 5.74) is 0. The van der Waals surface area contributed by atoms with Gasteiger partial charge in [0, 0.05) is 0 Å². The van der Waals surface area contributed by atoms with Crippen molar-refractivity contribution < 1.29 is 19.1 Å². The topological polar surface area (TPSA) is 87.6 Å². The summed E-state index contributed by atoms with van der Waals surface area (Å²) < 4.78 is 9.34. The number of hydrogen-bond acceptors (Lipinski definition) is 5. The van der Waals surface area contributed by atoms with Gasteiger partial charge in [-0.2, -0.15) is 0 Å². The van der Waals surface area contributed by atoms with E-state index in [1.54, 1.807) is 6.92 Å². The van der Waals surface area contributed by atoms with Crippen LogP contribution in [0.3, 0.4) is 0 Å². The number of ether oxygens (including phenoxy) is 2. The second kappa shape index (κ2) is 9.98. The van der Waals surface area contributed by atoms with Crippen molar-refractivity contribution in [3.63, 3.8) is 0 Å². The second-order valence-electron chi connectivity index (χ2n) is 2.56. The Labute approximate surface area is 84.3 Å². The molecule has 5 heteroatoms. The highest BCUT2D eigenvalue weighted by Crippen LogP contribution is 1.93. The summed E-state index contributed by atoms with van der Waals surface area (Å²) in [6.07, 6.45) is 1.51. The number of carbonyl (C=O) groups excluding carboxylic acids is 2. The van der Waals surface area contributed by atoms with Gasteiger partial charge in [0.05, 0.1) is 13.2 Å². The van der Waals surface area contributed by atoms with Crippen LogP contribution in [-0.4, -0.2) is 25.2 Å². The number of rotatable bonds is 6. The van der Waals surface area contributed by atoms with Crippen LogP contribution in [0.5, 0.6) is 0 Å². The van der Waals surface area contributed by atoms with Crippen molar-refractivity contribution in [3.8, 4) is 0 Å². The summed E-state index contributed by atoms with van der Waals surface area (Å²) in [4.78, 5) is 21.6. The van der Waals surface area contributed by atoms with Crippen LogP contribution in [0.1, 0.15) is 33.1 Å². The van der Waals surface area contributed by atoms with Crippen molar-refractivity contribution >= 4 is 11.9 Å². The van der Waals surface area contributed by atoms with Gasteiger partial charge < -0.3 is 15.6 Å². The average Bonchev–Trinajstić information content (AvgIpc) is 2.05. The molecule has 0 bridgehead atoms. The summed E-state index contributed by atoms with van der Waals surface area (Å²) in [7, 11) is 0. The van der Waals surface area contributed by atoms with Crippen LogP contribution in [0, 0.1) is 0 Å². The SMILES string of the molecule is CCCCOC(=O)CC(=O)OCC.N. The van der Waals surface area contributed by atoms with E-state index in [9.17, 15) is 9.59 Å². The predicted octanol–water partition coefficient (Wildman–Crippen LogP) is 1.44. The first-order valence-corrected chi connectivity index (χ1v) is 4.52.